The molecule has 24 heavy (non-hydrogen) atoms. The number of carbonyl (C=O) groups is 1. The highest BCUT2D eigenvalue weighted by atomic mass is 32.1. The summed E-state index contributed by atoms with van der Waals surface area (Å²) < 4.78 is 1.31. The largest absolute Gasteiger partial charge is 0.350 e. The quantitative estimate of drug-likeness (QED) is 0.777. The van der Waals surface area contributed by atoms with Gasteiger partial charge >= 0.3 is 0 Å². The minimum absolute atomic E-state index is 0.0363. The molecule has 0 spiro atoms. The Kier molecular flexibility index (Phi) is 4.86. The van der Waals surface area contributed by atoms with Gasteiger partial charge in [0.25, 0.3) is 5.56 Å². The molecule has 3 rings (SSSR count). The third-order valence-corrected chi connectivity index (χ3v) is 4.46. The Morgan fingerprint density at radius 3 is 2.71 bits per heavy atom. The molecular weight excluding hydrogens is 322 g/mol. The number of aryl methyl sites for hydroxylation is 1. The standard InChI is InChI=1S/C18H17N3O2S/c1-13-4-6-14(7-5-13)16-9-18(23)21(12-20-16)11-17(22)19-10-15-3-2-8-24-15/h2-9,12H,10-11H2,1H3,(H,19,22). The highest BCUT2D eigenvalue weighted by molar-refractivity contribution is 7.09. The molecule has 0 atom stereocenters. The lowest BCUT2D eigenvalue weighted by molar-refractivity contribution is -0.121. The lowest BCUT2D eigenvalue weighted by Gasteiger charge is -2.07. The van der Waals surface area contributed by atoms with Gasteiger partial charge in [0.05, 0.1) is 18.6 Å². The van der Waals surface area contributed by atoms with Gasteiger partial charge in [0.15, 0.2) is 0 Å². The zero-order valence-electron chi connectivity index (χ0n) is 13.2. The Morgan fingerprint density at radius 2 is 2.04 bits per heavy atom. The number of hydrogen-bond acceptors (Lipinski definition) is 4. The van der Waals surface area contributed by atoms with Crippen molar-refractivity contribution in [3.8, 4) is 11.3 Å². The maximum atomic E-state index is 12.2. The minimum atomic E-state index is -0.244. The van der Waals surface area contributed by atoms with Gasteiger partial charge < -0.3 is 5.32 Å². The van der Waals surface area contributed by atoms with Crippen LogP contribution < -0.4 is 10.9 Å². The molecular formula is C18H17N3O2S. The number of rotatable bonds is 5. The van der Waals surface area contributed by atoms with Crippen LogP contribution in [-0.4, -0.2) is 15.5 Å². The van der Waals surface area contributed by atoms with Gasteiger partial charge in [-0.2, -0.15) is 0 Å². The van der Waals surface area contributed by atoms with Crippen molar-refractivity contribution in [2.45, 2.75) is 20.0 Å². The second kappa shape index (κ2) is 7.23. The molecule has 0 unspecified atom stereocenters. The Labute approximate surface area is 143 Å². The average molecular weight is 339 g/mol. The number of nitrogens with zero attached hydrogens (tertiary/aromatic N) is 2. The highest BCUT2D eigenvalue weighted by Crippen LogP contribution is 2.15. The van der Waals surface area contributed by atoms with E-state index < -0.39 is 0 Å². The normalized spacial score (nSPS) is 10.5. The highest BCUT2D eigenvalue weighted by Gasteiger charge is 2.07. The van der Waals surface area contributed by atoms with E-state index in [-0.39, 0.29) is 18.0 Å². The number of thiophene rings is 1. The summed E-state index contributed by atoms with van der Waals surface area (Å²) in [6.45, 7) is 2.44. The Hall–Kier alpha value is -2.73. The molecule has 0 aliphatic heterocycles. The van der Waals surface area contributed by atoms with Gasteiger partial charge in [-0.3, -0.25) is 14.2 Å². The molecule has 6 heteroatoms. The second-order valence-electron chi connectivity index (χ2n) is 5.46. The van der Waals surface area contributed by atoms with Crippen LogP contribution in [0.2, 0.25) is 0 Å². The monoisotopic (exact) mass is 339 g/mol. The van der Waals surface area contributed by atoms with Crippen molar-refractivity contribution in [3.63, 3.8) is 0 Å². The van der Waals surface area contributed by atoms with Gasteiger partial charge in [-0.05, 0) is 18.4 Å². The van der Waals surface area contributed by atoms with Gasteiger partial charge in [-0.15, -0.1) is 11.3 Å². The molecule has 122 valence electrons. The third-order valence-electron chi connectivity index (χ3n) is 3.58. The topological polar surface area (TPSA) is 64.0 Å². The number of benzene rings is 1. The molecule has 0 saturated heterocycles. The van der Waals surface area contributed by atoms with Crippen LogP contribution in [0.15, 0.2) is 59.0 Å². The smallest absolute Gasteiger partial charge is 0.254 e. The maximum absolute atomic E-state index is 12.2. The van der Waals surface area contributed by atoms with E-state index in [0.29, 0.717) is 12.2 Å². The van der Waals surface area contributed by atoms with E-state index in [1.165, 1.54) is 17.0 Å². The van der Waals surface area contributed by atoms with Crippen LogP contribution in [0.4, 0.5) is 0 Å². The molecule has 1 amide bonds. The SMILES string of the molecule is Cc1ccc(-c2cc(=O)n(CC(=O)NCc3cccs3)cn2)cc1. The molecule has 0 bridgehead atoms. The first kappa shape index (κ1) is 16.1. The molecule has 0 radical (unpaired) electrons. The summed E-state index contributed by atoms with van der Waals surface area (Å²) >= 11 is 1.58. The minimum Gasteiger partial charge on any atom is -0.350 e. The third kappa shape index (κ3) is 3.97. The van der Waals surface area contributed by atoms with Gasteiger partial charge in [0.1, 0.15) is 6.54 Å². The summed E-state index contributed by atoms with van der Waals surface area (Å²) in [5.74, 6) is -0.213. The van der Waals surface area contributed by atoms with Crippen LogP contribution in [0.3, 0.4) is 0 Å². The van der Waals surface area contributed by atoms with E-state index in [1.807, 2.05) is 48.7 Å². The van der Waals surface area contributed by atoms with Crippen LogP contribution in [0, 0.1) is 6.92 Å². The lowest BCUT2D eigenvalue weighted by atomic mass is 10.1. The second-order valence-corrected chi connectivity index (χ2v) is 6.49. The summed E-state index contributed by atoms with van der Waals surface area (Å²) in [6, 6.07) is 13.1. The van der Waals surface area contributed by atoms with Gasteiger partial charge in [0, 0.05) is 16.5 Å². The molecule has 0 fully saturated rings. The predicted octanol–water partition coefficient (Wildman–Crippen LogP) is 2.60. The van der Waals surface area contributed by atoms with E-state index in [9.17, 15) is 9.59 Å². The first-order valence-corrected chi connectivity index (χ1v) is 8.42. The van der Waals surface area contributed by atoms with E-state index in [4.69, 9.17) is 0 Å². The van der Waals surface area contributed by atoms with E-state index in [0.717, 1.165) is 16.0 Å². The van der Waals surface area contributed by atoms with Crippen molar-refractivity contribution in [1.82, 2.24) is 14.9 Å². The van der Waals surface area contributed by atoms with Gasteiger partial charge in [-0.25, -0.2) is 4.98 Å². The molecule has 2 heterocycles. The van der Waals surface area contributed by atoms with Crippen molar-refractivity contribution in [1.29, 1.82) is 0 Å². The van der Waals surface area contributed by atoms with Crippen molar-refractivity contribution in [2.24, 2.45) is 0 Å². The van der Waals surface area contributed by atoms with Crippen molar-refractivity contribution >= 4 is 17.2 Å². The van der Waals surface area contributed by atoms with E-state index in [1.54, 1.807) is 11.3 Å². The number of amides is 1. The average Bonchev–Trinajstić information content (AvgIpc) is 3.09. The van der Waals surface area contributed by atoms with Crippen LogP contribution in [-0.2, 0) is 17.9 Å². The first-order chi connectivity index (χ1) is 11.6. The van der Waals surface area contributed by atoms with Crippen molar-refractivity contribution in [3.05, 3.63) is 75.0 Å². The van der Waals surface area contributed by atoms with Crippen LogP contribution in [0.5, 0.6) is 0 Å². The summed E-state index contributed by atoms with van der Waals surface area (Å²) in [7, 11) is 0. The molecule has 5 nitrogen and oxygen atoms in total. The zero-order valence-corrected chi connectivity index (χ0v) is 14.0. The molecule has 1 aromatic carbocycles. The molecule has 0 aliphatic carbocycles. The Morgan fingerprint density at radius 1 is 1.25 bits per heavy atom. The molecule has 0 aliphatic rings. The number of nitrogens with one attached hydrogen (secondary N) is 1. The zero-order chi connectivity index (χ0) is 16.9. The van der Waals surface area contributed by atoms with Crippen LogP contribution in [0.1, 0.15) is 10.4 Å². The fraction of sp³-hybridized carbons (Fsp3) is 0.167. The van der Waals surface area contributed by atoms with Gasteiger partial charge in [-0.1, -0.05) is 35.9 Å². The van der Waals surface area contributed by atoms with Crippen molar-refractivity contribution in [2.75, 3.05) is 0 Å². The van der Waals surface area contributed by atoms with E-state index >= 15 is 0 Å². The summed E-state index contributed by atoms with van der Waals surface area (Å²) in [4.78, 5) is 29.5. The Balaban J connectivity index is 1.67. The fourth-order valence-electron chi connectivity index (χ4n) is 2.24. The molecule has 0 saturated carbocycles. The molecule has 2 aromatic heterocycles. The van der Waals surface area contributed by atoms with Crippen LogP contribution in [0.25, 0.3) is 11.3 Å². The van der Waals surface area contributed by atoms with Gasteiger partial charge in [0.2, 0.25) is 5.91 Å². The number of aromatic nitrogens is 2. The first-order valence-electron chi connectivity index (χ1n) is 7.54. The summed E-state index contributed by atoms with van der Waals surface area (Å²) in [5.41, 5.74) is 2.39. The summed E-state index contributed by atoms with van der Waals surface area (Å²) in [5, 5.41) is 4.76. The predicted molar refractivity (Wildman–Crippen MR) is 94.8 cm³/mol. The fourth-order valence-corrected chi connectivity index (χ4v) is 2.88. The summed E-state index contributed by atoms with van der Waals surface area (Å²) in [6.07, 6.45) is 1.42. The Bertz CT molecular complexity index is 883. The number of hydrogen-bond donors (Lipinski definition) is 1. The molecule has 3 aromatic rings. The lowest BCUT2D eigenvalue weighted by Crippen LogP contribution is -2.31. The van der Waals surface area contributed by atoms with Crippen molar-refractivity contribution < 1.29 is 4.79 Å². The maximum Gasteiger partial charge on any atom is 0.254 e. The molecule has 1 N–H and O–H groups in total. The number of carbonyl (C=O) groups excluding carboxylic acids is 1. The van der Waals surface area contributed by atoms with Crippen LogP contribution >= 0.6 is 11.3 Å². The van der Waals surface area contributed by atoms with E-state index in [2.05, 4.69) is 10.3 Å².